The van der Waals surface area contributed by atoms with Gasteiger partial charge in [-0.3, -0.25) is 4.79 Å². The molecule has 0 saturated heterocycles. The first-order chi connectivity index (χ1) is 9.74. The lowest BCUT2D eigenvalue weighted by Crippen LogP contribution is -2.03. The molecule has 0 amide bonds. The van der Waals surface area contributed by atoms with E-state index in [1.165, 1.54) is 29.3 Å². The van der Waals surface area contributed by atoms with E-state index >= 15 is 0 Å². The number of nitrogens with zero attached hydrogens (tertiary/aromatic N) is 1. The Morgan fingerprint density at radius 3 is 2.95 bits per heavy atom. The average molecular weight is 348 g/mol. The Kier molecular flexibility index (Phi) is 4.22. The fourth-order valence-electron chi connectivity index (χ4n) is 2.44. The Hall–Kier alpha value is -1.13. The second-order valence-corrected chi connectivity index (χ2v) is 6.66. The summed E-state index contributed by atoms with van der Waals surface area (Å²) in [6.45, 7) is 0. The average Bonchev–Trinajstić information content (AvgIpc) is 2.93. The van der Waals surface area contributed by atoms with E-state index in [1.807, 2.05) is 18.2 Å². The van der Waals surface area contributed by atoms with E-state index in [0.29, 0.717) is 5.75 Å². The van der Waals surface area contributed by atoms with Crippen LogP contribution in [0.4, 0.5) is 0 Å². The number of benzene rings is 1. The van der Waals surface area contributed by atoms with Gasteiger partial charge in [0.15, 0.2) is 5.78 Å². The molecule has 0 atom stereocenters. The molecule has 102 valence electrons. The van der Waals surface area contributed by atoms with E-state index in [4.69, 9.17) is 0 Å². The number of fused-ring (bicyclic) bond motifs is 1. The molecule has 0 radical (unpaired) electrons. The molecular weight excluding hydrogens is 334 g/mol. The molecular formula is C16H14BrNOS. The van der Waals surface area contributed by atoms with E-state index in [-0.39, 0.29) is 5.78 Å². The highest BCUT2D eigenvalue weighted by molar-refractivity contribution is 9.10. The standard InChI is InChI=1S/C16H14BrNOS/c17-14-5-2-8-18-16(14)20-10-15(19)13-7-6-11-3-1-4-12(11)9-13/h2,5-9H,1,3-4,10H2. The highest BCUT2D eigenvalue weighted by Crippen LogP contribution is 2.27. The molecule has 1 aromatic heterocycles. The number of carbonyl (C=O) groups is 1. The lowest BCUT2D eigenvalue weighted by atomic mass is 10.0. The van der Waals surface area contributed by atoms with Crippen LogP contribution in [0.1, 0.15) is 27.9 Å². The van der Waals surface area contributed by atoms with Gasteiger partial charge in [0.2, 0.25) is 0 Å². The molecule has 2 aromatic rings. The summed E-state index contributed by atoms with van der Waals surface area (Å²) >= 11 is 4.92. The summed E-state index contributed by atoms with van der Waals surface area (Å²) in [5.41, 5.74) is 3.58. The van der Waals surface area contributed by atoms with Crippen molar-refractivity contribution < 1.29 is 4.79 Å². The van der Waals surface area contributed by atoms with Crippen molar-refractivity contribution >= 4 is 33.5 Å². The van der Waals surface area contributed by atoms with Gasteiger partial charge in [-0.15, -0.1) is 0 Å². The number of aryl methyl sites for hydroxylation is 2. The minimum absolute atomic E-state index is 0.169. The van der Waals surface area contributed by atoms with Crippen LogP contribution in [0.3, 0.4) is 0 Å². The maximum Gasteiger partial charge on any atom is 0.173 e. The zero-order chi connectivity index (χ0) is 13.9. The number of hydrogen-bond acceptors (Lipinski definition) is 3. The van der Waals surface area contributed by atoms with Crippen LogP contribution in [0.2, 0.25) is 0 Å². The van der Waals surface area contributed by atoms with E-state index < -0.39 is 0 Å². The number of rotatable bonds is 4. The Balaban J connectivity index is 1.69. The summed E-state index contributed by atoms with van der Waals surface area (Å²) in [6, 6.07) is 9.95. The van der Waals surface area contributed by atoms with Crippen molar-refractivity contribution in [3.8, 4) is 0 Å². The van der Waals surface area contributed by atoms with Crippen molar-refractivity contribution in [3.63, 3.8) is 0 Å². The molecule has 0 unspecified atom stereocenters. The monoisotopic (exact) mass is 347 g/mol. The van der Waals surface area contributed by atoms with Crippen LogP contribution in [0.15, 0.2) is 46.0 Å². The minimum Gasteiger partial charge on any atom is -0.293 e. The molecule has 0 aliphatic heterocycles. The predicted molar refractivity (Wildman–Crippen MR) is 85.5 cm³/mol. The number of hydrogen-bond donors (Lipinski definition) is 0. The Morgan fingerprint density at radius 2 is 2.10 bits per heavy atom. The lowest BCUT2D eigenvalue weighted by Gasteiger charge is -2.05. The number of halogens is 1. The van der Waals surface area contributed by atoms with Crippen molar-refractivity contribution in [1.82, 2.24) is 4.98 Å². The second kappa shape index (κ2) is 6.10. The third-order valence-electron chi connectivity index (χ3n) is 3.49. The van der Waals surface area contributed by atoms with Crippen LogP contribution in [0, 0.1) is 0 Å². The van der Waals surface area contributed by atoms with Gasteiger partial charge in [0, 0.05) is 16.2 Å². The summed E-state index contributed by atoms with van der Waals surface area (Å²) in [4.78, 5) is 16.5. The molecule has 20 heavy (non-hydrogen) atoms. The summed E-state index contributed by atoms with van der Waals surface area (Å²) in [5.74, 6) is 0.594. The molecule has 1 aliphatic rings. The van der Waals surface area contributed by atoms with Gasteiger partial charge in [0.05, 0.1) is 5.75 Å². The molecule has 2 nitrogen and oxygen atoms in total. The summed E-state index contributed by atoms with van der Waals surface area (Å²) in [6.07, 6.45) is 5.21. The Bertz CT molecular complexity index is 657. The van der Waals surface area contributed by atoms with Crippen molar-refractivity contribution in [3.05, 3.63) is 57.7 Å². The second-order valence-electron chi connectivity index (χ2n) is 4.84. The van der Waals surface area contributed by atoms with E-state index in [0.717, 1.165) is 27.9 Å². The third kappa shape index (κ3) is 2.96. The van der Waals surface area contributed by atoms with Crippen molar-refractivity contribution in [1.29, 1.82) is 0 Å². The predicted octanol–water partition coefficient (Wildman–Crippen LogP) is 4.31. The molecule has 1 aromatic carbocycles. The van der Waals surface area contributed by atoms with Crippen LogP contribution in [-0.2, 0) is 12.8 Å². The summed E-state index contributed by atoms with van der Waals surface area (Å²) in [5, 5.41) is 0.863. The van der Waals surface area contributed by atoms with Crippen LogP contribution >= 0.6 is 27.7 Å². The smallest absolute Gasteiger partial charge is 0.173 e. The minimum atomic E-state index is 0.169. The fraction of sp³-hybridized carbons (Fsp3) is 0.250. The van der Waals surface area contributed by atoms with Crippen molar-refractivity contribution in [2.75, 3.05) is 5.75 Å². The fourth-order valence-corrected chi connectivity index (χ4v) is 3.81. The summed E-state index contributed by atoms with van der Waals surface area (Å²) in [7, 11) is 0. The van der Waals surface area contributed by atoms with Gasteiger partial charge in [-0.1, -0.05) is 23.9 Å². The first kappa shape index (κ1) is 13.8. The molecule has 1 aliphatic carbocycles. The first-order valence-corrected chi connectivity index (χ1v) is 8.40. The SMILES string of the molecule is O=C(CSc1ncccc1Br)c1ccc2c(c1)CCC2. The third-order valence-corrected chi connectivity index (χ3v) is 5.39. The summed E-state index contributed by atoms with van der Waals surface area (Å²) < 4.78 is 0.937. The van der Waals surface area contributed by atoms with Gasteiger partial charge in [-0.25, -0.2) is 4.98 Å². The lowest BCUT2D eigenvalue weighted by molar-refractivity contribution is 0.102. The molecule has 0 bridgehead atoms. The maximum atomic E-state index is 12.3. The molecule has 0 spiro atoms. The zero-order valence-electron chi connectivity index (χ0n) is 10.9. The molecule has 4 heteroatoms. The van der Waals surface area contributed by atoms with Gasteiger partial charge in [-0.2, -0.15) is 0 Å². The van der Waals surface area contributed by atoms with Crippen molar-refractivity contribution in [2.45, 2.75) is 24.3 Å². The molecule has 3 rings (SSSR count). The number of aromatic nitrogens is 1. The normalized spacial score (nSPS) is 13.2. The quantitative estimate of drug-likeness (QED) is 0.609. The molecule has 0 saturated carbocycles. The van der Waals surface area contributed by atoms with Crippen molar-refractivity contribution in [2.24, 2.45) is 0 Å². The van der Waals surface area contributed by atoms with Gasteiger partial charge < -0.3 is 0 Å². The highest BCUT2D eigenvalue weighted by atomic mass is 79.9. The number of carbonyl (C=O) groups excluding carboxylic acids is 1. The van der Waals surface area contributed by atoms with Gasteiger partial charge in [0.25, 0.3) is 0 Å². The number of Topliss-reactive ketones (excluding diaryl/α,β-unsaturated/α-hetero) is 1. The number of pyridine rings is 1. The van der Waals surface area contributed by atoms with Crippen LogP contribution in [0.25, 0.3) is 0 Å². The molecule has 1 heterocycles. The topological polar surface area (TPSA) is 30.0 Å². The van der Waals surface area contributed by atoms with Crippen LogP contribution in [-0.4, -0.2) is 16.5 Å². The Labute approximate surface area is 131 Å². The largest absolute Gasteiger partial charge is 0.293 e. The maximum absolute atomic E-state index is 12.3. The van der Waals surface area contributed by atoms with Crippen LogP contribution < -0.4 is 0 Å². The first-order valence-electron chi connectivity index (χ1n) is 6.62. The van der Waals surface area contributed by atoms with Gasteiger partial charge in [0.1, 0.15) is 5.03 Å². The Morgan fingerprint density at radius 1 is 1.25 bits per heavy atom. The zero-order valence-corrected chi connectivity index (χ0v) is 13.3. The van der Waals surface area contributed by atoms with Gasteiger partial charge >= 0.3 is 0 Å². The van der Waals surface area contributed by atoms with E-state index in [1.54, 1.807) is 6.20 Å². The van der Waals surface area contributed by atoms with Crippen LogP contribution in [0.5, 0.6) is 0 Å². The van der Waals surface area contributed by atoms with E-state index in [2.05, 4.69) is 33.0 Å². The number of thioether (sulfide) groups is 1. The highest BCUT2D eigenvalue weighted by Gasteiger charge is 2.14. The number of ketones is 1. The van der Waals surface area contributed by atoms with Gasteiger partial charge in [-0.05, 0) is 64.5 Å². The van der Waals surface area contributed by atoms with E-state index in [9.17, 15) is 4.79 Å². The molecule has 0 N–H and O–H groups in total. The molecule has 0 fully saturated rings.